The summed E-state index contributed by atoms with van der Waals surface area (Å²) in [7, 11) is 0. The smallest absolute Gasteiger partial charge is 0.228 e. The van der Waals surface area contributed by atoms with Crippen LogP contribution < -0.4 is 9.80 Å². The van der Waals surface area contributed by atoms with E-state index in [1.807, 2.05) is 35.2 Å². The zero-order valence-corrected chi connectivity index (χ0v) is 16.2. The Kier molecular flexibility index (Phi) is 4.77. The van der Waals surface area contributed by atoms with Crippen LogP contribution in [0, 0.1) is 5.82 Å². The van der Waals surface area contributed by atoms with Gasteiger partial charge in [0.25, 0.3) is 0 Å². The molecule has 0 atom stereocenters. The van der Waals surface area contributed by atoms with Gasteiger partial charge in [-0.25, -0.2) is 9.37 Å². The molecule has 0 radical (unpaired) electrons. The van der Waals surface area contributed by atoms with Crippen molar-refractivity contribution >= 4 is 22.7 Å². The third-order valence-corrected chi connectivity index (χ3v) is 5.71. The van der Waals surface area contributed by atoms with Crippen molar-refractivity contribution in [2.24, 2.45) is 0 Å². The molecule has 29 heavy (non-hydrogen) atoms. The summed E-state index contributed by atoms with van der Waals surface area (Å²) in [4.78, 5) is 16.3. The lowest BCUT2D eigenvalue weighted by Crippen LogP contribution is -2.52. The monoisotopic (exact) mass is 393 g/mol. The molecular weight excluding hydrogens is 369 g/mol. The number of β-amino-alcohol motifs (C(OH)–C–C–N with tert-alkyl or cyclic N) is 1. The summed E-state index contributed by atoms with van der Waals surface area (Å²) in [6, 6.07) is 14.9. The van der Waals surface area contributed by atoms with E-state index in [4.69, 9.17) is 9.97 Å². The van der Waals surface area contributed by atoms with Crippen molar-refractivity contribution in [3.05, 3.63) is 59.9 Å². The van der Waals surface area contributed by atoms with Gasteiger partial charge in [0, 0.05) is 51.2 Å². The fourth-order valence-corrected chi connectivity index (χ4v) is 4.01. The predicted octanol–water partition coefficient (Wildman–Crippen LogP) is 2.27. The number of hydrogen-bond acceptors (Lipinski definition) is 6. The summed E-state index contributed by atoms with van der Waals surface area (Å²) >= 11 is 0. The van der Waals surface area contributed by atoms with Crippen LogP contribution in [0.4, 0.5) is 16.2 Å². The summed E-state index contributed by atoms with van der Waals surface area (Å²) in [6.07, 6.45) is -0.288. The lowest BCUT2D eigenvalue weighted by atomic mass is 10.1. The van der Waals surface area contributed by atoms with E-state index in [-0.39, 0.29) is 11.9 Å². The molecule has 0 spiro atoms. The van der Waals surface area contributed by atoms with Gasteiger partial charge < -0.3 is 14.9 Å². The molecule has 1 N–H and O–H groups in total. The standard InChI is InChI=1S/C22H24FN5O/c23-17-7-5-16(6-8-17)13-26-9-11-27(12-10-26)21-19-3-1-2-4-20(19)24-22(25-21)28-14-18(29)15-28/h1-8,18,29H,9-15H2. The maximum absolute atomic E-state index is 13.1. The van der Waals surface area contributed by atoms with E-state index in [0.717, 1.165) is 55.0 Å². The first kappa shape index (κ1) is 18.3. The average molecular weight is 393 g/mol. The van der Waals surface area contributed by atoms with E-state index in [1.54, 1.807) is 0 Å². The highest BCUT2D eigenvalue weighted by Crippen LogP contribution is 2.29. The van der Waals surface area contributed by atoms with Crippen molar-refractivity contribution < 1.29 is 9.50 Å². The van der Waals surface area contributed by atoms with Crippen LogP contribution in [0.3, 0.4) is 0 Å². The molecule has 7 heteroatoms. The summed E-state index contributed by atoms with van der Waals surface area (Å²) in [5.41, 5.74) is 2.06. The van der Waals surface area contributed by atoms with Crippen molar-refractivity contribution in [2.75, 3.05) is 49.1 Å². The fraction of sp³-hybridized carbons (Fsp3) is 0.364. The first-order valence-electron chi connectivity index (χ1n) is 10.1. The second kappa shape index (κ2) is 7.57. The highest BCUT2D eigenvalue weighted by atomic mass is 19.1. The molecule has 3 aromatic rings. The van der Waals surface area contributed by atoms with E-state index in [9.17, 15) is 9.50 Å². The average Bonchev–Trinajstić information content (AvgIpc) is 2.73. The minimum atomic E-state index is -0.288. The molecule has 0 bridgehead atoms. The van der Waals surface area contributed by atoms with Gasteiger partial charge >= 0.3 is 0 Å². The van der Waals surface area contributed by atoms with Crippen LogP contribution in [0.5, 0.6) is 0 Å². The zero-order valence-electron chi connectivity index (χ0n) is 16.2. The molecule has 1 aromatic heterocycles. The molecule has 5 rings (SSSR count). The maximum atomic E-state index is 13.1. The molecule has 2 aliphatic heterocycles. The van der Waals surface area contributed by atoms with Crippen molar-refractivity contribution in [1.29, 1.82) is 0 Å². The number of fused-ring (bicyclic) bond motifs is 1. The Morgan fingerprint density at radius 1 is 0.897 bits per heavy atom. The highest BCUT2D eigenvalue weighted by molar-refractivity contribution is 5.90. The van der Waals surface area contributed by atoms with Gasteiger partial charge in [-0.1, -0.05) is 24.3 Å². The van der Waals surface area contributed by atoms with E-state index in [0.29, 0.717) is 19.0 Å². The molecular formula is C22H24FN5O. The Bertz CT molecular complexity index is 998. The number of piperazine rings is 1. The lowest BCUT2D eigenvalue weighted by molar-refractivity contribution is 0.140. The number of anilines is 2. The number of para-hydroxylation sites is 1. The van der Waals surface area contributed by atoms with Gasteiger partial charge in [-0.3, -0.25) is 4.90 Å². The molecule has 2 saturated heterocycles. The normalized spacial score (nSPS) is 18.3. The van der Waals surface area contributed by atoms with Gasteiger partial charge in [0.05, 0.1) is 11.6 Å². The highest BCUT2D eigenvalue weighted by Gasteiger charge is 2.28. The van der Waals surface area contributed by atoms with Gasteiger partial charge in [-0.2, -0.15) is 4.98 Å². The molecule has 6 nitrogen and oxygen atoms in total. The van der Waals surface area contributed by atoms with E-state index < -0.39 is 0 Å². The maximum Gasteiger partial charge on any atom is 0.228 e. The molecule has 2 aliphatic rings. The van der Waals surface area contributed by atoms with E-state index in [2.05, 4.69) is 15.9 Å². The predicted molar refractivity (Wildman–Crippen MR) is 112 cm³/mol. The number of halogens is 1. The summed E-state index contributed by atoms with van der Waals surface area (Å²) in [5.74, 6) is 1.46. The summed E-state index contributed by atoms with van der Waals surface area (Å²) in [5, 5.41) is 10.7. The molecule has 2 fully saturated rings. The summed E-state index contributed by atoms with van der Waals surface area (Å²) in [6.45, 7) is 5.61. The largest absolute Gasteiger partial charge is 0.389 e. The van der Waals surface area contributed by atoms with Gasteiger partial charge in [0.1, 0.15) is 11.6 Å². The third kappa shape index (κ3) is 3.75. The van der Waals surface area contributed by atoms with Crippen molar-refractivity contribution in [1.82, 2.24) is 14.9 Å². The fourth-order valence-electron chi connectivity index (χ4n) is 4.01. The summed E-state index contributed by atoms with van der Waals surface area (Å²) < 4.78 is 13.1. The minimum absolute atomic E-state index is 0.195. The molecule has 150 valence electrons. The first-order valence-corrected chi connectivity index (χ1v) is 10.1. The minimum Gasteiger partial charge on any atom is -0.389 e. The number of aliphatic hydroxyl groups excluding tert-OH is 1. The number of benzene rings is 2. The van der Waals surface area contributed by atoms with Crippen molar-refractivity contribution in [3.63, 3.8) is 0 Å². The quantitative estimate of drug-likeness (QED) is 0.734. The second-order valence-electron chi connectivity index (χ2n) is 7.81. The van der Waals surface area contributed by atoms with Crippen LogP contribution in [0.2, 0.25) is 0 Å². The Morgan fingerprint density at radius 3 is 2.34 bits per heavy atom. The zero-order chi connectivity index (χ0) is 19.8. The van der Waals surface area contributed by atoms with Crippen LogP contribution in [-0.4, -0.2) is 65.3 Å². The van der Waals surface area contributed by atoms with E-state index >= 15 is 0 Å². The lowest BCUT2D eigenvalue weighted by Gasteiger charge is -2.38. The molecule has 0 aliphatic carbocycles. The van der Waals surface area contributed by atoms with Crippen molar-refractivity contribution in [3.8, 4) is 0 Å². The van der Waals surface area contributed by atoms with Crippen LogP contribution in [-0.2, 0) is 6.54 Å². The number of aromatic nitrogens is 2. The topological polar surface area (TPSA) is 55.7 Å². The number of hydrogen-bond donors (Lipinski definition) is 1. The SMILES string of the molecule is OC1CN(c2nc(N3CCN(Cc4ccc(F)cc4)CC3)c3ccccc3n2)C1. The Balaban J connectivity index is 1.34. The van der Waals surface area contributed by atoms with Crippen LogP contribution in [0.15, 0.2) is 48.5 Å². The molecule has 0 amide bonds. The van der Waals surface area contributed by atoms with Gasteiger partial charge in [0.15, 0.2) is 0 Å². The van der Waals surface area contributed by atoms with Gasteiger partial charge in [-0.15, -0.1) is 0 Å². The molecule has 2 aromatic carbocycles. The molecule has 0 saturated carbocycles. The molecule has 3 heterocycles. The van der Waals surface area contributed by atoms with Crippen LogP contribution >= 0.6 is 0 Å². The Morgan fingerprint density at radius 2 is 1.62 bits per heavy atom. The van der Waals surface area contributed by atoms with Gasteiger partial charge in [-0.05, 0) is 29.8 Å². The van der Waals surface area contributed by atoms with Gasteiger partial charge in [0.2, 0.25) is 5.95 Å². The van der Waals surface area contributed by atoms with Crippen LogP contribution in [0.25, 0.3) is 10.9 Å². The number of aliphatic hydroxyl groups is 1. The number of rotatable bonds is 4. The molecule has 0 unspecified atom stereocenters. The second-order valence-corrected chi connectivity index (χ2v) is 7.81. The first-order chi connectivity index (χ1) is 14.2. The Hall–Kier alpha value is -2.77. The Labute approximate surface area is 169 Å². The number of nitrogens with zero attached hydrogens (tertiary/aromatic N) is 5. The van der Waals surface area contributed by atoms with E-state index in [1.165, 1.54) is 12.1 Å². The van der Waals surface area contributed by atoms with Crippen molar-refractivity contribution in [2.45, 2.75) is 12.6 Å². The third-order valence-electron chi connectivity index (χ3n) is 5.71. The van der Waals surface area contributed by atoms with Crippen LogP contribution in [0.1, 0.15) is 5.56 Å².